The number of amides is 1. The first-order valence-electron chi connectivity index (χ1n) is 8.83. The molecule has 0 radical (unpaired) electrons. The molecule has 1 amide bonds. The lowest BCUT2D eigenvalue weighted by Gasteiger charge is -2.64. The minimum absolute atomic E-state index is 0.0223. The van der Waals surface area contributed by atoms with Crippen LogP contribution in [-0.2, 0) is 14.1 Å². The summed E-state index contributed by atoms with van der Waals surface area (Å²) in [4.78, 5) is 13.9. The van der Waals surface area contributed by atoms with Crippen molar-refractivity contribution in [2.24, 2.45) is 28.9 Å². The Bertz CT molecular complexity index is 545. The maximum Gasteiger partial charge on any atom is 0.481 e. The van der Waals surface area contributed by atoms with Crippen LogP contribution in [0.25, 0.3) is 0 Å². The van der Waals surface area contributed by atoms with Gasteiger partial charge >= 0.3 is 7.12 Å². The largest absolute Gasteiger partial charge is 0.481 e. The molecule has 2 aliphatic heterocycles. The van der Waals surface area contributed by atoms with Crippen molar-refractivity contribution in [1.29, 1.82) is 0 Å². The van der Waals surface area contributed by atoms with E-state index in [2.05, 4.69) is 13.8 Å². The van der Waals surface area contributed by atoms with Crippen LogP contribution in [0.2, 0.25) is 0 Å². The van der Waals surface area contributed by atoms with Crippen LogP contribution in [0, 0.1) is 23.2 Å². The number of likely N-dealkylation sites (tertiary alicyclic amines) is 1. The Hall–Kier alpha value is -0.585. The second-order valence-electron chi connectivity index (χ2n) is 8.42. The van der Waals surface area contributed by atoms with E-state index in [1.165, 1.54) is 12.8 Å². The second kappa shape index (κ2) is 4.08. The number of nitrogens with zero attached hydrogens (tertiary/aromatic N) is 1. The first-order valence-corrected chi connectivity index (χ1v) is 8.83. The minimum atomic E-state index is -0.253. The fraction of sp³-hybridized carbons (Fsp3) is 0.938. The van der Waals surface area contributed by atoms with E-state index in [9.17, 15) is 4.79 Å². The van der Waals surface area contributed by atoms with Crippen molar-refractivity contribution in [3.05, 3.63) is 0 Å². The highest BCUT2D eigenvalue weighted by Gasteiger charge is 2.80. The van der Waals surface area contributed by atoms with E-state index in [4.69, 9.17) is 15.0 Å². The molecule has 5 fully saturated rings. The van der Waals surface area contributed by atoms with Crippen molar-refractivity contribution in [2.75, 3.05) is 13.1 Å². The molecule has 7 atom stereocenters. The zero-order chi connectivity index (χ0) is 15.3. The summed E-state index contributed by atoms with van der Waals surface area (Å²) in [5.74, 6) is 2.28. The van der Waals surface area contributed by atoms with E-state index in [-0.39, 0.29) is 37.2 Å². The van der Waals surface area contributed by atoms with Gasteiger partial charge in [-0.2, -0.15) is 0 Å². The van der Waals surface area contributed by atoms with Gasteiger partial charge in [-0.25, -0.2) is 0 Å². The lowest BCUT2D eigenvalue weighted by Crippen LogP contribution is -2.61. The molecule has 0 bridgehead atoms. The third-order valence-electron chi connectivity index (χ3n) is 7.87. The van der Waals surface area contributed by atoms with Crippen LogP contribution in [0.1, 0.15) is 39.5 Å². The van der Waals surface area contributed by atoms with Crippen molar-refractivity contribution < 1.29 is 14.1 Å². The number of hydrogen-bond donors (Lipinski definition) is 1. The summed E-state index contributed by atoms with van der Waals surface area (Å²) in [6.45, 7) is 5.56. The predicted octanol–water partition coefficient (Wildman–Crippen LogP) is 0.814. The van der Waals surface area contributed by atoms with Gasteiger partial charge in [-0.3, -0.25) is 4.79 Å². The number of carbonyl (C=O) groups excluding carboxylic acids is 1. The Kier molecular flexibility index (Phi) is 2.56. The minimum Gasteiger partial charge on any atom is -0.404 e. The fourth-order valence-electron chi connectivity index (χ4n) is 6.60. The molecule has 5 rings (SSSR count). The van der Waals surface area contributed by atoms with Crippen molar-refractivity contribution in [2.45, 2.75) is 57.2 Å². The molecule has 2 saturated heterocycles. The van der Waals surface area contributed by atoms with Gasteiger partial charge < -0.3 is 19.9 Å². The quantitative estimate of drug-likeness (QED) is 0.767. The summed E-state index contributed by atoms with van der Waals surface area (Å²) in [7, 11) is -0.253. The highest BCUT2D eigenvalue weighted by molar-refractivity contribution is 6.48. The van der Waals surface area contributed by atoms with Gasteiger partial charge in [0.2, 0.25) is 5.91 Å². The van der Waals surface area contributed by atoms with Crippen LogP contribution in [0.15, 0.2) is 0 Å². The molecule has 2 N–H and O–H groups in total. The van der Waals surface area contributed by atoms with Gasteiger partial charge in [0, 0.05) is 6.54 Å². The van der Waals surface area contributed by atoms with E-state index < -0.39 is 0 Å². The standard InChI is InChI=1S/C16H25BN2O3/c1-15-9-6-10(15)14-16(2,11(15)7-9)22-17(21-14)12-4-3-5-19(12)13(20)8-18/h9-12,14H,3-8,18H2,1-2H3/t9-,10?,11+,12+,14?,15?,16+/m1/s1. The Morgan fingerprint density at radius 3 is 2.95 bits per heavy atom. The van der Waals surface area contributed by atoms with Gasteiger partial charge in [0.05, 0.1) is 24.2 Å². The summed E-state index contributed by atoms with van der Waals surface area (Å²) in [5, 5.41) is 0. The van der Waals surface area contributed by atoms with Crippen molar-refractivity contribution in [3.63, 3.8) is 0 Å². The summed E-state index contributed by atoms with van der Waals surface area (Å²) in [6.07, 6.45) is 4.81. The van der Waals surface area contributed by atoms with E-state index in [1.54, 1.807) is 0 Å². The molecule has 0 aromatic heterocycles. The Morgan fingerprint density at radius 1 is 1.41 bits per heavy atom. The highest BCUT2D eigenvalue weighted by atomic mass is 16.7. The monoisotopic (exact) mass is 304 g/mol. The number of nitrogens with two attached hydrogens (primary N) is 1. The average molecular weight is 304 g/mol. The van der Waals surface area contributed by atoms with Crippen molar-refractivity contribution in [3.8, 4) is 0 Å². The van der Waals surface area contributed by atoms with Gasteiger partial charge in [-0.1, -0.05) is 6.92 Å². The number of fused-ring (bicyclic) bond motifs is 3. The molecule has 0 aromatic rings. The van der Waals surface area contributed by atoms with E-state index in [0.29, 0.717) is 17.3 Å². The molecule has 3 saturated carbocycles. The third-order valence-corrected chi connectivity index (χ3v) is 7.87. The van der Waals surface area contributed by atoms with Crippen LogP contribution in [0.3, 0.4) is 0 Å². The van der Waals surface area contributed by atoms with Gasteiger partial charge in [-0.05, 0) is 55.8 Å². The summed E-state index contributed by atoms with van der Waals surface area (Å²) in [5.41, 5.74) is 5.88. The van der Waals surface area contributed by atoms with E-state index in [1.807, 2.05) is 4.90 Å². The van der Waals surface area contributed by atoms with E-state index >= 15 is 0 Å². The number of rotatable bonds is 2. The maximum atomic E-state index is 12.0. The van der Waals surface area contributed by atoms with Crippen molar-refractivity contribution in [1.82, 2.24) is 4.90 Å². The Labute approximate surface area is 132 Å². The zero-order valence-electron chi connectivity index (χ0n) is 13.5. The lowest BCUT2D eigenvalue weighted by atomic mass is 9.41. The summed E-state index contributed by atoms with van der Waals surface area (Å²) >= 11 is 0. The van der Waals surface area contributed by atoms with Gasteiger partial charge in [-0.15, -0.1) is 0 Å². The van der Waals surface area contributed by atoms with E-state index in [0.717, 1.165) is 25.3 Å². The lowest BCUT2D eigenvalue weighted by molar-refractivity contribution is -0.176. The van der Waals surface area contributed by atoms with Crippen LogP contribution in [0.4, 0.5) is 0 Å². The van der Waals surface area contributed by atoms with Gasteiger partial charge in [0.25, 0.3) is 0 Å². The number of carbonyl (C=O) groups is 1. The molecule has 6 heteroatoms. The summed E-state index contributed by atoms with van der Waals surface area (Å²) < 4.78 is 13.0. The molecule has 0 spiro atoms. The average Bonchev–Trinajstić information content (AvgIpc) is 3.10. The molecular formula is C16H25BN2O3. The molecule has 5 nitrogen and oxygen atoms in total. The molecule has 3 aliphatic carbocycles. The number of hydrogen-bond acceptors (Lipinski definition) is 4. The third kappa shape index (κ3) is 1.33. The molecule has 22 heavy (non-hydrogen) atoms. The van der Waals surface area contributed by atoms with Crippen molar-refractivity contribution >= 4 is 13.0 Å². The fourth-order valence-corrected chi connectivity index (χ4v) is 6.60. The molecule has 2 heterocycles. The van der Waals surface area contributed by atoms with Crippen LogP contribution < -0.4 is 5.73 Å². The predicted molar refractivity (Wildman–Crippen MR) is 81.7 cm³/mol. The molecular weight excluding hydrogens is 279 g/mol. The first kappa shape index (κ1) is 13.8. The Balaban J connectivity index is 1.39. The highest BCUT2D eigenvalue weighted by Crippen LogP contribution is 2.78. The Morgan fingerprint density at radius 2 is 2.23 bits per heavy atom. The van der Waals surface area contributed by atoms with Crippen LogP contribution >= 0.6 is 0 Å². The van der Waals surface area contributed by atoms with Crippen LogP contribution in [0.5, 0.6) is 0 Å². The molecule has 0 aromatic carbocycles. The smallest absolute Gasteiger partial charge is 0.404 e. The second-order valence-corrected chi connectivity index (χ2v) is 8.42. The summed E-state index contributed by atoms with van der Waals surface area (Å²) in [6, 6.07) is 0. The topological polar surface area (TPSA) is 64.8 Å². The van der Waals surface area contributed by atoms with Gasteiger partial charge in [0.1, 0.15) is 0 Å². The zero-order valence-corrected chi connectivity index (χ0v) is 13.5. The molecule has 3 unspecified atom stereocenters. The normalized spacial score (nSPS) is 54.8. The van der Waals surface area contributed by atoms with Crippen LogP contribution in [-0.4, -0.2) is 48.7 Å². The molecule has 5 aliphatic rings. The van der Waals surface area contributed by atoms with Gasteiger partial charge in [0.15, 0.2) is 0 Å². The molecule has 120 valence electrons. The SMILES string of the molecule is CC12C3C[C@@H]1C[C@@H]2[C@]1(C)OB([C@@H]2CCCN2C(=O)CN)OC31. The first-order chi connectivity index (χ1) is 10.5. The maximum absolute atomic E-state index is 12.0.